The van der Waals surface area contributed by atoms with Crippen LogP contribution in [-0.2, 0) is 11.2 Å². The lowest BCUT2D eigenvalue weighted by atomic mass is 10.0. The molecule has 0 atom stereocenters. The summed E-state index contributed by atoms with van der Waals surface area (Å²) >= 11 is 0. The van der Waals surface area contributed by atoms with Crippen LogP contribution in [0.15, 0.2) is 31.0 Å². The van der Waals surface area contributed by atoms with E-state index in [0.29, 0.717) is 6.42 Å². The fourth-order valence-electron chi connectivity index (χ4n) is 2.40. The second-order valence-corrected chi connectivity index (χ2v) is 6.11. The van der Waals surface area contributed by atoms with Crippen molar-refractivity contribution in [2.75, 3.05) is 0 Å². The number of aryl methyl sites for hydroxylation is 1. The predicted octanol–water partition coefficient (Wildman–Crippen LogP) is 4.17. The van der Waals surface area contributed by atoms with Gasteiger partial charge in [-0.1, -0.05) is 6.08 Å². The lowest BCUT2D eigenvalue weighted by molar-refractivity contribution is 0.0544. The number of phenols is 1. The van der Waals surface area contributed by atoms with Gasteiger partial charge in [0.15, 0.2) is 0 Å². The third-order valence-corrected chi connectivity index (χ3v) is 3.19. The number of benzene rings is 1. The highest BCUT2D eigenvalue weighted by atomic mass is 16.6. The number of fused-ring (bicyclic) bond motifs is 1. The molecule has 1 heterocycles. The van der Waals surface area contributed by atoms with Gasteiger partial charge in [0.1, 0.15) is 11.4 Å². The average molecular weight is 287 g/mol. The van der Waals surface area contributed by atoms with Crippen molar-refractivity contribution < 1.29 is 14.6 Å². The first-order chi connectivity index (χ1) is 9.74. The fourth-order valence-corrected chi connectivity index (χ4v) is 2.40. The maximum Gasteiger partial charge on any atom is 0.419 e. The summed E-state index contributed by atoms with van der Waals surface area (Å²) in [5, 5.41) is 10.9. The number of hydrogen-bond acceptors (Lipinski definition) is 3. The number of allylic oxidation sites excluding steroid dienone is 1. The Morgan fingerprint density at radius 2 is 2.14 bits per heavy atom. The molecule has 0 aliphatic heterocycles. The first-order valence-electron chi connectivity index (χ1n) is 6.91. The number of rotatable bonds is 2. The van der Waals surface area contributed by atoms with Crippen molar-refractivity contribution in [3.05, 3.63) is 42.1 Å². The van der Waals surface area contributed by atoms with Crippen LogP contribution in [0.2, 0.25) is 0 Å². The van der Waals surface area contributed by atoms with E-state index in [-0.39, 0.29) is 5.75 Å². The van der Waals surface area contributed by atoms with Crippen molar-refractivity contribution in [2.24, 2.45) is 0 Å². The first-order valence-corrected chi connectivity index (χ1v) is 6.91. The molecule has 0 aliphatic rings. The van der Waals surface area contributed by atoms with Gasteiger partial charge in [0.2, 0.25) is 0 Å². The zero-order valence-corrected chi connectivity index (χ0v) is 12.9. The molecule has 1 aromatic heterocycles. The summed E-state index contributed by atoms with van der Waals surface area (Å²) in [5.41, 5.74) is 1.81. The second kappa shape index (κ2) is 5.28. The van der Waals surface area contributed by atoms with Crippen LogP contribution in [0, 0.1) is 6.92 Å². The van der Waals surface area contributed by atoms with Crippen LogP contribution in [0.4, 0.5) is 4.79 Å². The van der Waals surface area contributed by atoms with Crippen LogP contribution in [0.25, 0.3) is 10.9 Å². The molecule has 0 amide bonds. The third kappa shape index (κ3) is 2.94. The number of carbonyl (C=O) groups is 1. The summed E-state index contributed by atoms with van der Waals surface area (Å²) in [6.45, 7) is 11.1. The summed E-state index contributed by atoms with van der Waals surface area (Å²) in [4.78, 5) is 12.3. The molecule has 0 bridgehead atoms. The average Bonchev–Trinajstić information content (AvgIpc) is 2.77. The Balaban J connectivity index is 2.60. The van der Waals surface area contributed by atoms with Crippen molar-refractivity contribution in [3.8, 4) is 5.75 Å². The van der Waals surface area contributed by atoms with Gasteiger partial charge in [-0.2, -0.15) is 0 Å². The van der Waals surface area contributed by atoms with Crippen LogP contribution in [0.3, 0.4) is 0 Å². The third-order valence-electron chi connectivity index (χ3n) is 3.19. The van der Waals surface area contributed by atoms with Crippen molar-refractivity contribution in [1.29, 1.82) is 0 Å². The van der Waals surface area contributed by atoms with E-state index in [1.165, 1.54) is 4.57 Å². The molecule has 0 saturated heterocycles. The Kier molecular flexibility index (Phi) is 3.81. The number of aromatic nitrogens is 1. The smallest absolute Gasteiger partial charge is 0.419 e. The number of aromatic hydroxyl groups is 1. The molecule has 2 rings (SSSR count). The van der Waals surface area contributed by atoms with Gasteiger partial charge in [0, 0.05) is 17.1 Å². The number of ether oxygens (including phenoxy) is 1. The second-order valence-electron chi connectivity index (χ2n) is 6.11. The fraction of sp³-hybridized carbons (Fsp3) is 0.353. The largest absolute Gasteiger partial charge is 0.508 e. The van der Waals surface area contributed by atoms with Gasteiger partial charge in [-0.05, 0) is 51.8 Å². The highest BCUT2D eigenvalue weighted by Gasteiger charge is 2.21. The molecule has 0 radical (unpaired) electrons. The molecular formula is C17H21NO3. The molecular weight excluding hydrogens is 266 g/mol. The van der Waals surface area contributed by atoms with Crippen molar-refractivity contribution >= 4 is 17.0 Å². The molecule has 1 N–H and O–H groups in total. The van der Waals surface area contributed by atoms with E-state index in [1.807, 2.05) is 33.8 Å². The van der Waals surface area contributed by atoms with Gasteiger partial charge in [0.25, 0.3) is 0 Å². The van der Waals surface area contributed by atoms with E-state index in [1.54, 1.807) is 18.3 Å². The minimum absolute atomic E-state index is 0.224. The van der Waals surface area contributed by atoms with Gasteiger partial charge >= 0.3 is 6.09 Å². The standard InChI is InChI=1S/C17H21NO3/c1-6-7-12-13-8-9-18(16(20)21-17(3,4)5)15(13)11(2)10-14(12)19/h6,8-10,19H,1,7H2,2-5H3. The monoisotopic (exact) mass is 287 g/mol. The Bertz CT molecular complexity index is 705. The minimum atomic E-state index is -0.553. The van der Waals surface area contributed by atoms with E-state index in [9.17, 15) is 9.90 Å². The van der Waals surface area contributed by atoms with Gasteiger partial charge < -0.3 is 9.84 Å². The molecule has 0 fully saturated rings. The number of phenolic OH excluding ortho intramolecular Hbond substituents is 1. The van der Waals surface area contributed by atoms with Gasteiger partial charge in [-0.3, -0.25) is 4.57 Å². The van der Waals surface area contributed by atoms with E-state index >= 15 is 0 Å². The molecule has 0 spiro atoms. The van der Waals surface area contributed by atoms with Crippen molar-refractivity contribution in [3.63, 3.8) is 0 Å². The lowest BCUT2D eigenvalue weighted by Crippen LogP contribution is -2.26. The van der Waals surface area contributed by atoms with Crippen LogP contribution >= 0.6 is 0 Å². The molecule has 0 unspecified atom stereocenters. The number of carbonyl (C=O) groups excluding carboxylic acids is 1. The molecule has 2 aromatic rings. The van der Waals surface area contributed by atoms with Crippen LogP contribution in [0.1, 0.15) is 31.9 Å². The topological polar surface area (TPSA) is 51.5 Å². The maximum absolute atomic E-state index is 12.3. The van der Waals surface area contributed by atoms with Crippen molar-refractivity contribution in [2.45, 2.75) is 39.7 Å². The SMILES string of the molecule is C=CCc1c(O)cc(C)c2c1ccn2C(=O)OC(C)(C)C. The summed E-state index contributed by atoms with van der Waals surface area (Å²) < 4.78 is 6.90. The Hall–Kier alpha value is -2.23. The lowest BCUT2D eigenvalue weighted by Gasteiger charge is -2.20. The summed E-state index contributed by atoms with van der Waals surface area (Å²) in [6.07, 6.45) is 3.53. The minimum Gasteiger partial charge on any atom is -0.508 e. The van der Waals surface area contributed by atoms with E-state index in [0.717, 1.165) is 22.0 Å². The molecule has 112 valence electrons. The zero-order chi connectivity index (χ0) is 15.8. The van der Waals surface area contributed by atoms with E-state index in [4.69, 9.17) is 4.74 Å². The molecule has 4 heteroatoms. The van der Waals surface area contributed by atoms with Gasteiger partial charge in [0.05, 0.1) is 5.52 Å². The Morgan fingerprint density at radius 1 is 1.48 bits per heavy atom. The number of nitrogens with zero attached hydrogens (tertiary/aromatic N) is 1. The van der Waals surface area contributed by atoms with Crippen LogP contribution in [0.5, 0.6) is 5.75 Å². The zero-order valence-electron chi connectivity index (χ0n) is 12.9. The number of hydrogen-bond donors (Lipinski definition) is 1. The van der Waals surface area contributed by atoms with Gasteiger partial charge in [-0.15, -0.1) is 6.58 Å². The van der Waals surface area contributed by atoms with E-state index in [2.05, 4.69) is 6.58 Å². The highest BCUT2D eigenvalue weighted by molar-refractivity contribution is 5.95. The normalized spacial score (nSPS) is 11.6. The molecule has 1 aromatic carbocycles. The Labute approximate surface area is 124 Å². The summed E-state index contributed by atoms with van der Waals surface area (Å²) in [7, 11) is 0. The highest BCUT2D eigenvalue weighted by Crippen LogP contribution is 2.32. The molecule has 4 nitrogen and oxygen atoms in total. The quantitative estimate of drug-likeness (QED) is 0.843. The molecule has 21 heavy (non-hydrogen) atoms. The van der Waals surface area contributed by atoms with Gasteiger partial charge in [-0.25, -0.2) is 4.79 Å². The van der Waals surface area contributed by atoms with Crippen LogP contribution in [-0.4, -0.2) is 21.4 Å². The van der Waals surface area contributed by atoms with E-state index < -0.39 is 11.7 Å². The van der Waals surface area contributed by atoms with Crippen LogP contribution < -0.4 is 0 Å². The first kappa shape index (κ1) is 15.2. The maximum atomic E-state index is 12.3. The summed E-state index contributed by atoms with van der Waals surface area (Å²) in [5.74, 6) is 0.224. The molecule has 0 saturated carbocycles. The van der Waals surface area contributed by atoms with Crippen molar-refractivity contribution in [1.82, 2.24) is 4.57 Å². The summed E-state index contributed by atoms with van der Waals surface area (Å²) in [6, 6.07) is 3.49. The Morgan fingerprint density at radius 3 is 2.71 bits per heavy atom. The molecule has 0 aliphatic carbocycles. The predicted molar refractivity (Wildman–Crippen MR) is 83.9 cm³/mol.